The van der Waals surface area contributed by atoms with Gasteiger partial charge in [-0.2, -0.15) is 0 Å². The molecule has 1 N–H and O–H groups in total. The zero-order chi connectivity index (χ0) is 21.4. The molecule has 168 valence electrons. The molecule has 1 amide bonds. The highest BCUT2D eigenvalue weighted by Crippen LogP contribution is 2.23. The largest absolute Gasteiger partial charge is 0.352 e. The number of nitrogens with one attached hydrogen (secondary N) is 1. The Balaban J connectivity index is 1.37. The summed E-state index contributed by atoms with van der Waals surface area (Å²) in [4.78, 5) is 14.9. The Bertz CT molecular complexity index is 763. The number of amides is 1. The molecule has 0 atom stereocenters. The van der Waals surface area contributed by atoms with E-state index in [2.05, 4.69) is 10.2 Å². The fourth-order valence-electron chi connectivity index (χ4n) is 4.54. The predicted octanol–water partition coefficient (Wildman–Crippen LogP) is 2.90. The van der Waals surface area contributed by atoms with Crippen molar-refractivity contribution in [1.82, 2.24) is 14.5 Å². The van der Waals surface area contributed by atoms with Gasteiger partial charge in [0, 0.05) is 25.2 Å². The Labute approximate surface area is 182 Å². The van der Waals surface area contributed by atoms with Gasteiger partial charge in [-0.05, 0) is 81.8 Å². The molecule has 0 radical (unpaired) electrons. The van der Waals surface area contributed by atoms with Crippen molar-refractivity contribution >= 4 is 15.9 Å². The first-order valence-electron chi connectivity index (χ1n) is 11.5. The molecule has 1 aromatic rings. The Morgan fingerprint density at radius 3 is 2.23 bits per heavy atom. The number of carbonyl (C=O) groups is 1. The van der Waals surface area contributed by atoms with Gasteiger partial charge in [0.1, 0.15) is 0 Å². The summed E-state index contributed by atoms with van der Waals surface area (Å²) in [6.07, 6.45) is 10.3. The molecule has 3 rings (SSSR count). The Hall–Kier alpha value is -1.44. The monoisotopic (exact) mass is 435 g/mol. The second kappa shape index (κ2) is 11.3. The van der Waals surface area contributed by atoms with Crippen molar-refractivity contribution in [2.24, 2.45) is 5.92 Å². The van der Waals surface area contributed by atoms with E-state index in [1.807, 2.05) is 24.3 Å². The number of nitrogens with zero attached hydrogens (tertiary/aromatic N) is 2. The van der Waals surface area contributed by atoms with Crippen LogP contribution in [0.2, 0.25) is 0 Å². The van der Waals surface area contributed by atoms with Gasteiger partial charge in [0.15, 0.2) is 0 Å². The van der Waals surface area contributed by atoms with Crippen molar-refractivity contribution in [3.8, 4) is 0 Å². The van der Waals surface area contributed by atoms with Crippen molar-refractivity contribution in [2.75, 3.05) is 45.5 Å². The first-order valence-corrected chi connectivity index (χ1v) is 13.3. The van der Waals surface area contributed by atoms with E-state index >= 15 is 0 Å². The molecular weight excluding hydrogens is 398 g/mol. The van der Waals surface area contributed by atoms with Crippen LogP contribution in [0.15, 0.2) is 24.3 Å². The van der Waals surface area contributed by atoms with Crippen molar-refractivity contribution in [2.45, 2.75) is 51.4 Å². The van der Waals surface area contributed by atoms with Gasteiger partial charge >= 0.3 is 0 Å². The standard InChI is InChI=1S/C23H37N3O3S/c1-30(28,29)26-17-11-21(12-18-26)19-20-7-9-22(10-8-20)23(27)24-13-6-16-25-14-4-2-3-5-15-25/h7-10,21H,2-6,11-19H2,1H3,(H,24,27). The highest BCUT2D eigenvalue weighted by Gasteiger charge is 2.24. The number of piperidine rings is 1. The minimum atomic E-state index is -3.07. The molecular formula is C23H37N3O3S. The first-order chi connectivity index (χ1) is 14.4. The first kappa shape index (κ1) is 23.2. The average Bonchev–Trinajstić information content (AvgIpc) is 3.00. The zero-order valence-corrected chi connectivity index (χ0v) is 19.1. The zero-order valence-electron chi connectivity index (χ0n) is 18.3. The van der Waals surface area contributed by atoms with Gasteiger partial charge in [-0.3, -0.25) is 4.79 Å². The molecule has 2 fully saturated rings. The van der Waals surface area contributed by atoms with Crippen molar-refractivity contribution in [3.63, 3.8) is 0 Å². The van der Waals surface area contributed by atoms with Gasteiger partial charge in [0.05, 0.1) is 6.26 Å². The smallest absolute Gasteiger partial charge is 0.251 e. The third kappa shape index (κ3) is 7.36. The van der Waals surface area contributed by atoms with E-state index in [0.717, 1.165) is 38.8 Å². The van der Waals surface area contributed by atoms with Crippen molar-refractivity contribution < 1.29 is 13.2 Å². The molecule has 2 aliphatic heterocycles. The van der Waals surface area contributed by atoms with Crippen LogP contribution in [0.5, 0.6) is 0 Å². The second-order valence-corrected chi connectivity index (χ2v) is 10.9. The van der Waals surface area contributed by atoms with E-state index in [9.17, 15) is 13.2 Å². The normalized spacial score (nSPS) is 20.0. The van der Waals surface area contributed by atoms with Gasteiger partial charge in [0.25, 0.3) is 5.91 Å². The van der Waals surface area contributed by atoms with Crippen LogP contribution in [0.4, 0.5) is 0 Å². The van der Waals surface area contributed by atoms with E-state index in [1.165, 1.54) is 50.6 Å². The van der Waals surface area contributed by atoms with Gasteiger partial charge in [-0.25, -0.2) is 12.7 Å². The lowest BCUT2D eigenvalue weighted by Crippen LogP contribution is -2.38. The fourth-order valence-corrected chi connectivity index (χ4v) is 5.41. The number of likely N-dealkylation sites (tertiary alicyclic amines) is 1. The average molecular weight is 436 g/mol. The lowest BCUT2D eigenvalue weighted by molar-refractivity contribution is 0.0951. The molecule has 7 heteroatoms. The summed E-state index contributed by atoms with van der Waals surface area (Å²) in [5, 5.41) is 3.05. The Kier molecular flexibility index (Phi) is 8.72. The molecule has 1 aromatic carbocycles. The molecule has 6 nitrogen and oxygen atoms in total. The number of hydrogen-bond acceptors (Lipinski definition) is 4. The van der Waals surface area contributed by atoms with Crippen LogP contribution in [0.25, 0.3) is 0 Å². The topological polar surface area (TPSA) is 69.7 Å². The van der Waals surface area contributed by atoms with Crippen molar-refractivity contribution in [3.05, 3.63) is 35.4 Å². The molecule has 0 spiro atoms. The minimum absolute atomic E-state index is 0.00104. The van der Waals surface area contributed by atoms with E-state index in [0.29, 0.717) is 24.6 Å². The quantitative estimate of drug-likeness (QED) is 0.638. The van der Waals surface area contributed by atoms with Gasteiger partial charge < -0.3 is 10.2 Å². The third-order valence-corrected chi connectivity index (χ3v) is 7.72. The summed E-state index contributed by atoms with van der Waals surface area (Å²) in [5.41, 5.74) is 1.92. The predicted molar refractivity (Wildman–Crippen MR) is 121 cm³/mol. The Morgan fingerprint density at radius 1 is 1.00 bits per heavy atom. The second-order valence-electron chi connectivity index (χ2n) is 8.87. The lowest BCUT2D eigenvalue weighted by Gasteiger charge is -2.30. The lowest BCUT2D eigenvalue weighted by atomic mass is 9.91. The maximum atomic E-state index is 12.4. The highest BCUT2D eigenvalue weighted by molar-refractivity contribution is 7.88. The van der Waals surface area contributed by atoms with Crippen molar-refractivity contribution in [1.29, 1.82) is 0 Å². The molecule has 2 aliphatic rings. The maximum absolute atomic E-state index is 12.4. The summed E-state index contributed by atoms with van der Waals surface area (Å²) in [5.74, 6) is 0.501. The number of rotatable bonds is 8. The van der Waals surface area contributed by atoms with Crippen LogP contribution in [0.3, 0.4) is 0 Å². The van der Waals surface area contributed by atoms with E-state index in [1.54, 1.807) is 4.31 Å². The molecule has 30 heavy (non-hydrogen) atoms. The van der Waals surface area contributed by atoms with Crippen LogP contribution in [-0.2, 0) is 16.4 Å². The van der Waals surface area contributed by atoms with E-state index < -0.39 is 10.0 Å². The minimum Gasteiger partial charge on any atom is -0.352 e. The molecule has 0 aliphatic carbocycles. The maximum Gasteiger partial charge on any atom is 0.251 e. The van der Waals surface area contributed by atoms with E-state index in [4.69, 9.17) is 0 Å². The summed E-state index contributed by atoms with van der Waals surface area (Å²) >= 11 is 0. The molecule has 0 saturated carbocycles. The third-order valence-electron chi connectivity index (χ3n) is 6.42. The van der Waals surface area contributed by atoms with E-state index in [-0.39, 0.29) is 5.91 Å². The Morgan fingerprint density at radius 2 is 1.63 bits per heavy atom. The summed E-state index contributed by atoms with van der Waals surface area (Å²) in [6.45, 7) is 5.40. The molecule has 0 unspecified atom stereocenters. The van der Waals surface area contributed by atoms with Gasteiger partial charge in [-0.15, -0.1) is 0 Å². The van der Waals surface area contributed by atoms with Crippen LogP contribution < -0.4 is 5.32 Å². The number of carbonyl (C=O) groups excluding carboxylic acids is 1. The summed E-state index contributed by atoms with van der Waals surface area (Å²) in [6, 6.07) is 7.89. The van der Waals surface area contributed by atoms with Crippen LogP contribution in [0.1, 0.15) is 60.9 Å². The molecule has 0 aromatic heterocycles. The number of benzene rings is 1. The van der Waals surface area contributed by atoms with Gasteiger partial charge in [-0.1, -0.05) is 25.0 Å². The summed E-state index contributed by atoms with van der Waals surface area (Å²) < 4.78 is 24.8. The van der Waals surface area contributed by atoms with Crippen LogP contribution in [-0.4, -0.2) is 69.1 Å². The number of sulfonamides is 1. The fraction of sp³-hybridized carbons (Fsp3) is 0.696. The van der Waals surface area contributed by atoms with Crippen LogP contribution >= 0.6 is 0 Å². The molecule has 2 saturated heterocycles. The SMILES string of the molecule is CS(=O)(=O)N1CCC(Cc2ccc(C(=O)NCCCN3CCCCCC3)cc2)CC1. The highest BCUT2D eigenvalue weighted by atomic mass is 32.2. The molecule has 2 heterocycles. The molecule has 0 bridgehead atoms. The van der Waals surface area contributed by atoms with Gasteiger partial charge in [0.2, 0.25) is 10.0 Å². The van der Waals surface area contributed by atoms with Crippen LogP contribution in [0, 0.1) is 5.92 Å². The number of hydrogen-bond donors (Lipinski definition) is 1. The summed E-state index contributed by atoms with van der Waals surface area (Å²) in [7, 11) is -3.07.